The SMILES string of the molecule is Cc1cnc(N2CCc3[nH]nc(C(=O)NCC4CC4)c3C2)nc1. The van der Waals surface area contributed by atoms with E-state index in [1.165, 1.54) is 12.8 Å². The first kappa shape index (κ1) is 14.2. The molecule has 1 aliphatic heterocycles. The number of nitrogens with one attached hydrogen (secondary N) is 2. The molecule has 7 heteroatoms. The number of aromatic nitrogens is 4. The number of aromatic amines is 1. The first-order valence-electron chi connectivity index (χ1n) is 8.08. The van der Waals surface area contributed by atoms with E-state index in [1.54, 1.807) is 0 Å². The van der Waals surface area contributed by atoms with Gasteiger partial charge in [0.2, 0.25) is 5.95 Å². The Morgan fingerprint density at radius 1 is 1.39 bits per heavy atom. The number of anilines is 1. The van der Waals surface area contributed by atoms with Gasteiger partial charge in [-0.25, -0.2) is 9.97 Å². The predicted molar refractivity (Wildman–Crippen MR) is 85.2 cm³/mol. The maximum Gasteiger partial charge on any atom is 0.272 e. The number of fused-ring (bicyclic) bond motifs is 1. The van der Waals surface area contributed by atoms with E-state index in [1.807, 2.05) is 19.3 Å². The predicted octanol–water partition coefficient (Wildman–Crippen LogP) is 1.21. The fourth-order valence-corrected chi connectivity index (χ4v) is 2.85. The third kappa shape index (κ3) is 2.91. The van der Waals surface area contributed by atoms with Crippen molar-refractivity contribution >= 4 is 11.9 Å². The first-order chi connectivity index (χ1) is 11.2. The molecule has 2 N–H and O–H groups in total. The lowest BCUT2D eigenvalue weighted by Gasteiger charge is -2.26. The Labute approximate surface area is 134 Å². The van der Waals surface area contributed by atoms with E-state index in [0.717, 1.165) is 36.3 Å². The number of H-pyrrole nitrogens is 1. The molecule has 1 fully saturated rings. The van der Waals surface area contributed by atoms with Crippen LogP contribution in [0.5, 0.6) is 0 Å². The molecule has 23 heavy (non-hydrogen) atoms. The lowest BCUT2D eigenvalue weighted by Crippen LogP contribution is -2.33. The molecule has 4 rings (SSSR count). The van der Waals surface area contributed by atoms with Gasteiger partial charge < -0.3 is 10.2 Å². The van der Waals surface area contributed by atoms with Gasteiger partial charge in [0.05, 0.1) is 6.54 Å². The summed E-state index contributed by atoms with van der Waals surface area (Å²) in [4.78, 5) is 23.2. The van der Waals surface area contributed by atoms with E-state index in [0.29, 0.717) is 24.1 Å². The summed E-state index contributed by atoms with van der Waals surface area (Å²) in [6, 6.07) is 0. The van der Waals surface area contributed by atoms with Gasteiger partial charge in [-0.1, -0.05) is 0 Å². The zero-order valence-corrected chi connectivity index (χ0v) is 13.2. The van der Waals surface area contributed by atoms with Crippen molar-refractivity contribution in [3.05, 3.63) is 34.9 Å². The van der Waals surface area contributed by atoms with Crippen LogP contribution in [0.15, 0.2) is 12.4 Å². The van der Waals surface area contributed by atoms with Crippen molar-refractivity contribution in [2.45, 2.75) is 32.7 Å². The van der Waals surface area contributed by atoms with Gasteiger partial charge in [-0.05, 0) is 31.2 Å². The Balaban J connectivity index is 1.52. The molecule has 2 aromatic heterocycles. The molecule has 1 saturated carbocycles. The normalized spacial score (nSPS) is 17.0. The molecule has 0 radical (unpaired) electrons. The number of rotatable bonds is 4. The second-order valence-corrected chi connectivity index (χ2v) is 6.41. The van der Waals surface area contributed by atoms with Gasteiger partial charge in [-0.2, -0.15) is 5.10 Å². The van der Waals surface area contributed by atoms with Gasteiger partial charge in [0.1, 0.15) is 0 Å². The van der Waals surface area contributed by atoms with Crippen LogP contribution in [0.4, 0.5) is 5.95 Å². The van der Waals surface area contributed by atoms with Gasteiger partial charge in [-0.3, -0.25) is 9.89 Å². The maximum absolute atomic E-state index is 12.4. The minimum atomic E-state index is -0.0823. The minimum absolute atomic E-state index is 0.0823. The van der Waals surface area contributed by atoms with E-state index in [-0.39, 0.29) is 5.91 Å². The van der Waals surface area contributed by atoms with Crippen molar-refractivity contribution in [2.75, 3.05) is 18.0 Å². The molecular formula is C16H20N6O. The summed E-state index contributed by atoms with van der Waals surface area (Å²) in [6.07, 6.45) is 6.89. The van der Waals surface area contributed by atoms with Crippen LogP contribution in [-0.4, -0.2) is 39.2 Å². The number of aryl methyl sites for hydroxylation is 1. The van der Waals surface area contributed by atoms with Crippen molar-refractivity contribution in [1.29, 1.82) is 0 Å². The van der Waals surface area contributed by atoms with Crippen LogP contribution in [0.2, 0.25) is 0 Å². The van der Waals surface area contributed by atoms with Crippen molar-refractivity contribution in [3.8, 4) is 0 Å². The highest BCUT2D eigenvalue weighted by atomic mass is 16.1. The monoisotopic (exact) mass is 312 g/mol. The van der Waals surface area contributed by atoms with Gasteiger partial charge in [-0.15, -0.1) is 0 Å². The average Bonchev–Trinajstić information content (AvgIpc) is 3.30. The molecule has 3 heterocycles. The summed E-state index contributed by atoms with van der Waals surface area (Å²) in [5.41, 5.74) is 3.56. The van der Waals surface area contributed by atoms with Crippen LogP contribution < -0.4 is 10.2 Å². The van der Waals surface area contributed by atoms with Crippen LogP contribution in [-0.2, 0) is 13.0 Å². The third-order valence-electron chi connectivity index (χ3n) is 4.45. The molecule has 1 amide bonds. The van der Waals surface area contributed by atoms with Gasteiger partial charge in [0.15, 0.2) is 5.69 Å². The van der Waals surface area contributed by atoms with E-state index >= 15 is 0 Å². The highest BCUT2D eigenvalue weighted by molar-refractivity contribution is 5.94. The molecule has 0 spiro atoms. The van der Waals surface area contributed by atoms with Gasteiger partial charge >= 0.3 is 0 Å². The van der Waals surface area contributed by atoms with E-state index < -0.39 is 0 Å². The Kier molecular flexibility index (Phi) is 3.48. The number of hydrogen-bond acceptors (Lipinski definition) is 5. The van der Waals surface area contributed by atoms with E-state index in [4.69, 9.17) is 0 Å². The Bertz CT molecular complexity index is 719. The summed E-state index contributed by atoms with van der Waals surface area (Å²) in [5, 5.41) is 10.2. The summed E-state index contributed by atoms with van der Waals surface area (Å²) in [7, 11) is 0. The van der Waals surface area contributed by atoms with Gasteiger partial charge in [0.25, 0.3) is 5.91 Å². The van der Waals surface area contributed by atoms with Crippen molar-refractivity contribution in [1.82, 2.24) is 25.5 Å². The lowest BCUT2D eigenvalue weighted by atomic mass is 10.1. The number of hydrogen-bond donors (Lipinski definition) is 2. The molecule has 2 aliphatic rings. The lowest BCUT2D eigenvalue weighted by molar-refractivity contribution is 0.0945. The van der Waals surface area contributed by atoms with Crippen LogP contribution >= 0.6 is 0 Å². The molecule has 0 atom stereocenters. The first-order valence-corrected chi connectivity index (χ1v) is 8.08. The molecule has 0 saturated heterocycles. The summed E-state index contributed by atoms with van der Waals surface area (Å²) in [6.45, 7) is 4.16. The maximum atomic E-state index is 12.4. The fourth-order valence-electron chi connectivity index (χ4n) is 2.85. The van der Waals surface area contributed by atoms with Crippen LogP contribution in [0.25, 0.3) is 0 Å². The molecule has 0 aromatic carbocycles. The van der Waals surface area contributed by atoms with Crippen molar-refractivity contribution in [2.24, 2.45) is 5.92 Å². The number of carbonyl (C=O) groups is 1. The number of carbonyl (C=O) groups excluding carboxylic acids is 1. The Morgan fingerprint density at radius 3 is 2.91 bits per heavy atom. The molecule has 7 nitrogen and oxygen atoms in total. The van der Waals surface area contributed by atoms with Crippen LogP contribution in [0.3, 0.4) is 0 Å². The second-order valence-electron chi connectivity index (χ2n) is 6.41. The zero-order valence-electron chi connectivity index (χ0n) is 13.2. The summed E-state index contributed by atoms with van der Waals surface area (Å²) >= 11 is 0. The van der Waals surface area contributed by atoms with Gasteiger partial charge in [0, 0.05) is 43.2 Å². The summed E-state index contributed by atoms with van der Waals surface area (Å²) in [5.74, 6) is 1.28. The highest BCUT2D eigenvalue weighted by Gasteiger charge is 2.28. The van der Waals surface area contributed by atoms with E-state index in [2.05, 4.69) is 30.4 Å². The molecular weight excluding hydrogens is 292 g/mol. The topological polar surface area (TPSA) is 86.8 Å². The molecule has 1 aliphatic carbocycles. The highest BCUT2D eigenvalue weighted by Crippen LogP contribution is 2.28. The van der Waals surface area contributed by atoms with Crippen LogP contribution in [0, 0.1) is 12.8 Å². The number of amides is 1. The standard InChI is InChI=1S/C16H20N6O/c1-10-6-18-16(19-7-10)22-5-4-13-12(9-22)14(21-20-13)15(23)17-8-11-2-3-11/h6-7,11H,2-5,8-9H2,1H3,(H,17,23)(H,20,21). The fraction of sp³-hybridized carbons (Fsp3) is 0.500. The quantitative estimate of drug-likeness (QED) is 0.886. The van der Waals surface area contributed by atoms with Crippen LogP contribution in [0.1, 0.15) is 40.2 Å². The second kappa shape index (κ2) is 5.64. The largest absolute Gasteiger partial charge is 0.350 e. The third-order valence-corrected chi connectivity index (χ3v) is 4.45. The Hall–Kier alpha value is -2.44. The molecule has 0 unspecified atom stereocenters. The summed E-state index contributed by atoms with van der Waals surface area (Å²) < 4.78 is 0. The Morgan fingerprint density at radius 2 is 2.17 bits per heavy atom. The molecule has 120 valence electrons. The average molecular weight is 312 g/mol. The van der Waals surface area contributed by atoms with E-state index in [9.17, 15) is 4.79 Å². The zero-order chi connectivity index (χ0) is 15.8. The molecule has 0 bridgehead atoms. The smallest absolute Gasteiger partial charge is 0.272 e. The van der Waals surface area contributed by atoms with Crippen molar-refractivity contribution < 1.29 is 4.79 Å². The molecule has 2 aromatic rings. The minimum Gasteiger partial charge on any atom is -0.350 e. The van der Waals surface area contributed by atoms with Crippen molar-refractivity contribution in [3.63, 3.8) is 0 Å². The number of nitrogens with zero attached hydrogens (tertiary/aromatic N) is 4.